The smallest absolute Gasteiger partial charge is 0.274 e. The highest BCUT2D eigenvalue weighted by molar-refractivity contribution is 6.31. The van der Waals surface area contributed by atoms with Crippen molar-refractivity contribution in [1.29, 1.82) is 0 Å². The summed E-state index contributed by atoms with van der Waals surface area (Å²) in [5, 5.41) is 5.35. The van der Waals surface area contributed by atoms with E-state index >= 15 is 0 Å². The highest BCUT2D eigenvalue weighted by atomic mass is 35.5. The highest BCUT2D eigenvalue weighted by Gasteiger charge is 2.31. The van der Waals surface area contributed by atoms with Crippen molar-refractivity contribution in [2.45, 2.75) is 32.2 Å². The Labute approximate surface area is 164 Å². The highest BCUT2D eigenvalue weighted by Crippen LogP contribution is 2.26. The number of likely N-dealkylation sites (tertiary alicyclic amines) is 1. The number of carbonyl (C=O) groups excluding carboxylic acids is 1. The van der Waals surface area contributed by atoms with Crippen LogP contribution in [-0.2, 0) is 6.42 Å². The molecule has 1 unspecified atom stereocenters. The SMILES string of the molecule is Cc1cc(C(=O)N2CCCC2Cc2ccccc2Cl)nn1-c1ccccc1. The van der Waals surface area contributed by atoms with Gasteiger partial charge in [-0.2, -0.15) is 5.10 Å². The summed E-state index contributed by atoms with van der Waals surface area (Å²) in [7, 11) is 0. The molecule has 1 fully saturated rings. The zero-order valence-corrected chi connectivity index (χ0v) is 16.1. The Morgan fingerprint density at radius 3 is 2.67 bits per heavy atom. The molecule has 27 heavy (non-hydrogen) atoms. The Morgan fingerprint density at radius 2 is 1.89 bits per heavy atom. The lowest BCUT2D eigenvalue weighted by Gasteiger charge is -2.24. The number of carbonyl (C=O) groups is 1. The van der Waals surface area contributed by atoms with Gasteiger partial charge in [0.15, 0.2) is 5.69 Å². The summed E-state index contributed by atoms with van der Waals surface area (Å²) in [6, 6.07) is 19.8. The van der Waals surface area contributed by atoms with E-state index in [-0.39, 0.29) is 11.9 Å². The molecule has 0 spiro atoms. The molecule has 2 aromatic carbocycles. The number of halogens is 1. The number of para-hydroxylation sites is 1. The minimum absolute atomic E-state index is 0.00216. The summed E-state index contributed by atoms with van der Waals surface area (Å²) in [6.45, 7) is 2.74. The van der Waals surface area contributed by atoms with E-state index in [4.69, 9.17) is 11.6 Å². The van der Waals surface area contributed by atoms with Crippen molar-refractivity contribution in [1.82, 2.24) is 14.7 Å². The Hall–Kier alpha value is -2.59. The van der Waals surface area contributed by atoms with E-state index in [0.717, 1.165) is 47.8 Å². The number of amides is 1. The molecule has 1 aliphatic rings. The molecule has 1 aliphatic heterocycles. The third-order valence-corrected chi connectivity index (χ3v) is 5.53. The van der Waals surface area contributed by atoms with E-state index in [0.29, 0.717) is 5.69 Å². The molecule has 2 heterocycles. The maximum atomic E-state index is 13.1. The zero-order valence-electron chi connectivity index (χ0n) is 15.3. The summed E-state index contributed by atoms with van der Waals surface area (Å²) >= 11 is 6.32. The Morgan fingerprint density at radius 1 is 1.15 bits per heavy atom. The molecule has 3 aromatic rings. The molecular weight excluding hydrogens is 358 g/mol. The van der Waals surface area contributed by atoms with Crippen molar-refractivity contribution in [2.24, 2.45) is 0 Å². The molecule has 0 bridgehead atoms. The van der Waals surface area contributed by atoms with Gasteiger partial charge in [-0.1, -0.05) is 48.0 Å². The van der Waals surface area contributed by atoms with Crippen molar-refractivity contribution in [3.8, 4) is 5.69 Å². The van der Waals surface area contributed by atoms with Gasteiger partial charge in [-0.15, -0.1) is 0 Å². The van der Waals surface area contributed by atoms with Crippen LogP contribution in [0.4, 0.5) is 0 Å². The maximum absolute atomic E-state index is 13.1. The first-order valence-corrected chi connectivity index (χ1v) is 9.68. The average Bonchev–Trinajstić information content (AvgIpc) is 3.30. The first-order valence-electron chi connectivity index (χ1n) is 9.30. The Kier molecular flexibility index (Phi) is 4.99. The molecule has 0 saturated carbocycles. The first-order chi connectivity index (χ1) is 13.1. The summed E-state index contributed by atoms with van der Waals surface area (Å²) in [4.78, 5) is 15.1. The summed E-state index contributed by atoms with van der Waals surface area (Å²) in [6.07, 6.45) is 2.79. The minimum atomic E-state index is 0.00216. The number of hydrogen-bond donors (Lipinski definition) is 0. The lowest BCUT2D eigenvalue weighted by atomic mass is 10.0. The van der Waals surface area contributed by atoms with Crippen LogP contribution in [0.5, 0.6) is 0 Å². The quantitative estimate of drug-likeness (QED) is 0.660. The molecule has 1 saturated heterocycles. The predicted octanol–water partition coefficient (Wildman–Crippen LogP) is 4.68. The zero-order chi connectivity index (χ0) is 18.8. The molecule has 138 valence electrons. The molecule has 0 N–H and O–H groups in total. The third-order valence-electron chi connectivity index (χ3n) is 5.16. The summed E-state index contributed by atoms with van der Waals surface area (Å²) in [5.74, 6) is 0.00216. The number of aryl methyl sites for hydroxylation is 1. The third kappa shape index (κ3) is 3.62. The van der Waals surface area contributed by atoms with Gasteiger partial charge < -0.3 is 4.90 Å². The van der Waals surface area contributed by atoms with Crippen LogP contribution in [-0.4, -0.2) is 33.2 Å². The van der Waals surface area contributed by atoms with Gasteiger partial charge in [0.25, 0.3) is 5.91 Å². The fourth-order valence-electron chi connectivity index (χ4n) is 3.79. The molecule has 4 rings (SSSR count). The van der Waals surface area contributed by atoms with Gasteiger partial charge in [0.05, 0.1) is 5.69 Å². The lowest BCUT2D eigenvalue weighted by Crippen LogP contribution is -2.37. The lowest BCUT2D eigenvalue weighted by molar-refractivity contribution is 0.0730. The van der Waals surface area contributed by atoms with E-state index in [9.17, 15) is 4.79 Å². The molecule has 0 radical (unpaired) electrons. The second-order valence-corrected chi connectivity index (χ2v) is 7.42. The first kappa shape index (κ1) is 17.8. The predicted molar refractivity (Wildman–Crippen MR) is 108 cm³/mol. The van der Waals surface area contributed by atoms with E-state index < -0.39 is 0 Å². The topological polar surface area (TPSA) is 38.1 Å². The van der Waals surface area contributed by atoms with Crippen molar-refractivity contribution in [3.63, 3.8) is 0 Å². The Balaban J connectivity index is 1.56. The van der Waals surface area contributed by atoms with Gasteiger partial charge in [0, 0.05) is 23.3 Å². The number of nitrogens with zero attached hydrogens (tertiary/aromatic N) is 3. The standard InChI is InChI=1S/C22H22ClN3O/c1-16-14-21(24-26(16)18-9-3-2-4-10-18)22(27)25-13-7-11-19(25)15-17-8-5-6-12-20(17)23/h2-6,8-10,12,14,19H,7,11,13,15H2,1H3. The fraction of sp³-hybridized carbons (Fsp3) is 0.273. The van der Waals surface area contributed by atoms with Gasteiger partial charge in [-0.25, -0.2) is 4.68 Å². The van der Waals surface area contributed by atoms with Gasteiger partial charge in [-0.3, -0.25) is 4.79 Å². The molecule has 1 atom stereocenters. The van der Waals surface area contributed by atoms with E-state index in [2.05, 4.69) is 5.10 Å². The van der Waals surface area contributed by atoms with Gasteiger partial charge in [0.1, 0.15) is 0 Å². The normalized spacial score (nSPS) is 16.7. The maximum Gasteiger partial charge on any atom is 0.274 e. The van der Waals surface area contributed by atoms with Crippen LogP contribution >= 0.6 is 11.6 Å². The minimum Gasteiger partial charge on any atom is -0.334 e. The van der Waals surface area contributed by atoms with Crippen molar-refractivity contribution >= 4 is 17.5 Å². The van der Waals surface area contributed by atoms with E-state index in [1.165, 1.54) is 0 Å². The van der Waals surface area contributed by atoms with Crippen molar-refractivity contribution < 1.29 is 4.79 Å². The van der Waals surface area contributed by atoms with E-state index in [1.807, 2.05) is 77.2 Å². The summed E-state index contributed by atoms with van der Waals surface area (Å²) < 4.78 is 1.83. The molecular formula is C22H22ClN3O. The second-order valence-electron chi connectivity index (χ2n) is 7.01. The Bertz CT molecular complexity index is 951. The summed E-state index contributed by atoms with van der Waals surface area (Å²) in [5.41, 5.74) is 3.51. The number of hydrogen-bond acceptors (Lipinski definition) is 2. The molecule has 1 amide bonds. The van der Waals surface area contributed by atoms with Crippen molar-refractivity contribution in [2.75, 3.05) is 6.54 Å². The van der Waals surface area contributed by atoms with Gasteiger partial charge in [-0.05, 0) is 56.0 Å². The van der Waals surface area contributed by atoms with Crippen LogP contribution < -0.4 is 0 Å². The van der Waals surface area contributed by atoms with Crippen LogP contribution in [0.1, 0.15) is 34.6 Å². The molecule has 4 nitrogen and oxygen atoms in total. The van der Waals surface area contributed by atoms with Crippen LogP contribution in [0.2, 0.25) is 5.02 Å². The van der Waals surface area contributed by atoms with Crippen LogP contribution in [0.15, 0.2) is 60.7 Å². The largest absolute Gasteiger partial charge is 0.334 e. The number of benzene rings is 2. The van der Waals surface area contributed by atoms with Crippen LogP contribution in [0, 0.1) is 6.92 Å². The molecule has 1 aromatic heterocycles. The molecule has 0 aliphatic carbocycles. The van der Waals surface area contributed by atoms with Gasteiger partial charge >= 0.3 is 0 Å². The number of rotatable bonds is 4. The number of aromatic nitrogens is 2. The van der Waals surface area contributed by atoms with Crippen molar-refractivity contribution in [3.05, 3.63) is 82.6 Å². The monoisotopic (exact) mass is 379 g/mol. The fourth-order valence-corrected chi connectivity index (χ4v) is 4.00. The molecule has 5 heteroatoms. The van der Waals surface area contributed by atoms with E-state index in [1.54, 1.807) is 0 Å². The second kappa shape index (κ2) is 7.57. The van der Waals surface area contributed by atoms with Crippen LogP contribution in [0.3, 0.4) is 0 Å². The average molecular weight is 380 g/mol. The van der Waals surface area contributed by atoms with Crippen LogP contribution in [0.25, 0.3) is 5.69 Å². The van der Waals surface area contributed by atoms with Gasteiger partial charge in [0.2, 0.25) is 0 Å².